The van der Waals surface area contributed by atoms with Crippen LogP contribution in [0.3, 0.4) is 0 Å². The van der Waals surface area contributed by atoms with E-state index in [1.54, 1.807) is 0 Å². The fourth-order valence-electron chi connectivity index (χ4n) is 0.467. The van der Waals surface area contributed by atoms with Gasteiger partial charge in [0.05, 0.1) is 0 Å². The van der Waals surface area contributed by atoms with Crippen molar-refractivity contribution in [2.75, 3.05) is 0 Å². The molecule has 0 radical (unpaired) electrons. The summed E-state index contributed by atoms with van der Waals surface area (Å²) in [6.07, 6.45) is 0. The third-order valence-corrected chi connectivity index (χ3v) is 1.47. The van der Waals surface area contributed by atoms with Gasteiger partial charge in [-0.15, -0.1) is 0 Å². The van der Waals surface area contributed by atoms with E-state index < -0.39 is 17.9 Å². The van der Waals surface area contributed by atoms with Gasteiger partial charge in [0, 0.05) is 5.92 Å². The fourth-order valence-corrected chi connectivity index (χ4v) is 0.467. The zero-order valence-corrected chi connectivity index (χ0v) is 6.00. The molecular weight excluding hydrogens is 134 g/mol. The summed E-state index contributed by atoms with van der Waals surface area (Å²) in [5.41, 5.74) is 5.14. The minimum Gasteiger partial charge on any atom is -0.480 e. The Hall–Kier alpha value is -0.900. The lowest BCUT2D eigenvalue weighted by Gasteiger charge is -2.11. The van der Waals surface area contributed by atoms with Crippen LogP contribution in [0, 0.1) is 5.92 Å². The Kier molecular flexibility index (Phi) is 3.02. The average Bonchev–Trinajstić information content (AvgIpc) is 1.84. The van der Waals surface area contributed by atoms with E-state index >= 15 is 0 Å². The van der Waals surface area contributed by atoms with Crippen LogP contribution in [0.15, 0.2) is 0 Å². The van der Waals surface area contributed by atoms with E-state index in [9.17, 15) is 9.59 Å². The number of rotatable bonds is 3. The number of carbonyl (C=O) groups excluding carboxylic acids is 1. The molecule has 0 bridgehead atoms. The number of ketones is 1. The van der Waals surface area contributed by atoms with Crippen LogP contribution in [0.1, 0.15) is 13.8 Å². The number of aliphatic carboxylic acids is 1. The number of hydrogen-bond acceptors (Lipinski definition) is 3. The van der Waals surface area contributed by atoms with Crippen LogP contribution < -0.4 is 5.73 Å². The maximum atomic E-state index is 10.5. The summed E-state index contributed by atoms with van der Waals surface area (Å²) in [7, 11) is 0. The van der Waals surface area contributed by atoms with Crippen molar-refractivity contribution in [2.45, 2.75) is 19.9 Å². The van der Waals surface area contributed by atoms with Crippen LogP contribution in [-0.2, 0) is 9.59 Å². The molecule has 10 heavy (non-hydrogen) atoms. The standard InChI is InChI=1S/C6H11NO3/c1-3(4(2)8)5(7)6(9)10/h3,5H,7H2,1-2H3,(H,9,10)/t3-,5?/m1/s1. The third kappa shape index (κ3) is 2.14. The molecule has 4 heteroatoms. The Morgan fingerprint density at radius 1 is 1.50 bits per heavy atom. The van der Waals surface area contributed by atoms with Crippen molar-refractivity contribution in [2.24, 2.45) is 11.7 Å². The Balaban J connectivity index is 4.07. The van der Waals surface area contributed by atoms with Gasteiger partial charge in [-0.3, -0.25) is 9.59 Å². The second kappa shape index (κ2) is 3.31. The van der Waals surface area contributed by atoms with Gasteiger partial charge in [0.2, 0.25) is 0 Å². The van der Waals surface area contributed by atoms with Crippen LogP contribution in [0.5, 0.6) is 0 Å². The second-order valence-electron chi connectivity index (χ2n) is 2.26. The molecule has 3 N–H and O–H groups in total. The third-order valence-electron chi connectivity index (χ3n) is 1.47. The highest BCUT2D eigenvalue weighted by Gasteiger charge is 2.22. The predicted octanol–water partition coefficient (Wildman–Crippen LogP) is -0.377. The van der Waals surface area contributed by atoms with E-state index in [2.05, 4.69) is 0 Å². The minimum atomic E-state index is -1.14. The molecule has 1 unspecified atom stereocenters. The van der Waals surface area contributed by atoms with E-state index in [1.165, 1.54) is 13.8 Å². The van der Waals surface area contributed by atoms with Crippen molar-refractivity contribution in [3.05, 3.63) is 0 Å². The lowest BCUT2D eigenvalue weighted by atomic mass is 9.99. The fraction of sp³-hybridized carbons (Fsp3) is 0.667. The Bertz CT molecular complexity index is 137. The molecule has 0 spiro atoms. The van der Waals surface area contributed by atoms with Crippen molar-refractivity contribution in [1.29, 1.82) is 0 Å². The minimum absolute atomic E-state index is 0.199. The van der Waals surface area contributed by atoms with Gasteiger partial charge < -0.3 is 10.8 Å². The molecule has 0 fully saturated rings. The smallest absolute Gasteiger partial charge is 0.321 e. The molecule has 0 aromatic heterocycles. The summed E-state index contributed by atoms with van der Waals surface area (Å²) in [6, 6.07) is -1.07. The van der Waals surface area contributed by atoms with Crippen LogP contribution >= 0.6 is 0 Å². The quantitative estimate of drug-likeness (QED) is 0.567. The van der Waals surface area contributed by atoms with Crippen molar-refractivity contribution in [1.82, 2.24) is 0 Å². The van der Waals surface area contributed by atoms with Crippen molar-refractivity contribution in [3.63, 3.8) is 0 Å². The van der Waals surface area contributed by atoms with Gasteiger partial charge in [-0.05, 0) is 6.92 Å². The molecule has 0 aliphatic carbocycles. The van der Waals surface area contributed by atoms with Gasteiger partial charge in [-0.25, -0.2) is 0 Å². The lowest BCUT2D eigenvalue weighted by Crippen LogP contribution is -2.39. The molecule has 0 heterocycles. The van der Waals surface area contributed by atoms with E-state index in [4.69, 9.17) is 10.8 Å². The number of nitrogens with two attached hydrogens (primary N) is 1. The highest BCUT2D eigenvalue weighted by Crippen LogP contribution is 2.00. The number of carboxylic acid groups (broad SMARTS) is 1. The summed E-state index contributed by atoms with van der Waals surface area (Å²) in [5, 5.41) is 8.32. The average molecular weight is 145 g/mol. The first kappa shape index (κ1) is 9.10. The predicted molar refractivity (Wildman–Crippen MR) is 35.5 cm³/mol. The van der Waals surface area contributed by atoms with Gasteiger partial charge in [-0.2, -0.15) is 0 Å². The summed E-state index contributed by atoms with van der Waals surface area (Å²) >= 11 is 0. The molecule has 0 aliphatic rings. The van der Waals surface area contributed by atoms with Gasteiger partial charge >= 0.3 is 5.97 Å². The summed E-state index contributed by atoms with van der Waals surface area (Å²) in [5.74, 6) is -1.94. The highest BCUT2D eigenvalue weighted by molar-refractivity contribution is 5.85. The van der Waals surface area contributed by atoms with E-state index in [0.29, 0.717) is 0 Å². The molecule has 0 saturated heterocycles. The molecule has 0 rings (SSSR count). The first-order chi connectivity index (χ1) is 4.46. The molecule has 0 amide bonds. The number of hydrogen-bond donors (Lipinski definition) is 2. The van der Waals surface area contributed by atoms with Gasteiger partial charge in [0.1, 0.15) is 11.8 Å². The zero-order valence-electron chi connectivity index (χ0n) is 6.00. The largest absolute Gasteiger partial charge is 0.480 e. The van der Waals surface area contributed by atoms with Gasteiger partial charge in [0.15, 0.2) is 0 Å². The molecule has 2 atom stereocenters. The van der Waals surface area contributed by atoms with Crippen molar-refractivity contribution < 1.29 is 14.7 Å². The number of Topliss-reactive ketones (excluding diaryl/α,β-unsaturated/α-hetero) is 1. The monoisotopic (exact) mass is 145 g/mol. The summed E-state index contributed by atoms with van der Waals surface area (Å²) in [4.78, 5) is 20.7. The van der Waals surface area contributed by atoms with Crippen LogP contribution in [0.2, 0.25) is 0 Å². The van der Waals surface area contributed by atoms with Crippen LogP contribution in [0.25, 0.3) is 0 Å². The molecule has 0 aromatic rings. The van der Waals surface area contributed by atoms with Crippen LogP contribution in [-0.4, -0.2) is 22.9 Å². The first-order valence-electron chi connectivity index (χ1n) is 2.95. The molecule has 0 aromatic carbocycles. The topological polar surface area (TPSA) is 80.4 Å². The number of carbonyl (C=O) groups is 2. The van der Waals surface area contributed by atoms with Crippen molar-refractivity contribution in [3.8, 4) is 0 Å². The zero-order chi connectivity index (χ0) is 8.31. The maximum absolute atomic E-state index is 10.5. The van der Waals surface area contributed by atoms with E-state index in [1.807, 2.05) is 0 Å². The summed E-state index contributed by atoms with van der Waals surface area (Å²) in [6.45, 7) is 2.83. The lowest BCUT2D eigenvalue weighted by molar-refractivity contribution is -0.141. The Morgan fingerprint density at radius 3 is 2.00 bits per heavy atom. The van der Waals surface area contributed by atoms with Crippen LogP contribution in [0.4, 0.5) is 0 Å². The van der Waals surface area contributed by atoms with E-state index in [0.717, 1.165) is 0 Å². The number of carboxylic acids is 1. The molecular formula is C6H11NO3. The summed E-state index contributed by atoms with van der Waals surface area (Å²) < 4.78 is 0. The SMILES string of the molecule is CC(=O)[C@@H](C)C(N)C(=O)O. The molecule has 0 aliphatic heterocycles. The van der Waals surface area contributed by atoms with Crippen molar-refractivity contribution >= 4 is 11.8 Å². The van der Waals surface area contributed by atoms with Gasteiger partial charge in [-0.1, -0.05) is 6.92 Å². The highest BCUT2D eigenvalue weighted by atomic mass is 16.4. The first-order valence-corrected chi connectivity index (χ1v) is 2.95. The van der Waals surface area contributed by atoms with Gasteiger partial charge in [0.25, 0.3) is 0 Å². The molecule has 4 nitrogen and oxygen atoms in total. The Morgan fingerprint density at radius 2 is 1.90 bits per heavy atom. The molecule has 0 saturated carbocycles. The second-order valence-corrected chi connectivity index (χ2v) is 2.26. The molecule has 58 valence electrons. The maximum Gasteiger partial charge on any atom is 0.321 e. The normalized spacial score (nSPS) is 15.9. The Labute approximate surface area is 59.0 Å². The van der Waals surface area contributed by atoms with E-state index in [-0.39, 0.29) is 5.78 Å².